The van der Waals surface area contributed by atoms with Crippen molar-refractivity contribution in [2.24, 2.45) is 0 Å². The second kappa shape index (κ2) is 7.65. The highest BCUT2D eigenvalue weighted by Crippen LogP contribution is 2.33. The number of ether oxygens (including phenoxy) is 1. The lowest BCUT2D eigenvalue weighted by Gasteiger charge is -2.09. The summed E-state index contributed by atoms with van der Waals surface area (Å²) in [5, 5.41) is 14.3. The molecule has 0 saturated heterocycles. The van der Waals surface area contributed by atoms with Crippen LogP contribution in [0.3, 0.4) is 0 Å². The van der Waals surface area contributed by atoms with E-state index >= 15 is 0 Å². The number of aromatic nitrogens is 1. The summed E-state index contributed by atoms with van der Waals surface area (Å²) in [6.07, 6.45) is 2.70. The van der Waals surface area contributed by atoms with Crippen molar-refractivity contribution in [3.63, 3.8) is 0 Å². The Bertz CT molecular complexity index is 1150. The fourth-order valence-electron chi connectivity index (χ4n) is 2.64. The third-order valence-corrected chi connectivity index (χ3v) is 5.11. The van der Waals surface area contributed by atoms with Gasteiger partial charge >= 0.3 is 5.69 Å². The molecule has 1 N–H and O–H groups in total. The van der Waals surface area contributed by atoms with Crippen LogP contribution in [0.25, 0.3) is 11.1 Å². The maximum absolute atomic E-state index is 11.7. The number of sulfone groups is 1. The monoisotopic (exact) mass is 399 g/mol. The number of nitro groups is 1. The van der Waals surface area contributed by atoms with E-state index < -0.39 is 14.8 Å². The molecule has 0 amide bonds. The van der Waals surface area contributed by atoms with Crippen LogP contribution in [-0.2, 0) is 9.84 Å². The average Bonchev–Trinajstić information content (AvgIpc) is 2.67. The molecule has 0 aliphatic rings. The van der Waals surface area contributed by atoms with Gasteiger partial charge in [-0.25, -0.2) is 13.4 Å². The van der Waals surface area contributed by atoms with Crippen LogP contribution in [0.4, 0.5) is 17.2 Å². The van der Waals surface area contributed by atoms with E-state index in [1.807, 2.05) is 0 Å². The molecular weight excluding hydrogens is 382 g/mol. The van der Waals surface area contributed by atoms with Gasteiger partial charge in [-0.3, -0.25) is 10.1 Å². The Hall–Kier alpha value is -3.46. The third-order valence-electron chi connectivity index (χ3n) is 4.00. The topological polar surface area (TPSA) is 111 Å². The molecule has 0 aliphatic carbocycles. The fourth-order valence-corrected chi connectivity index (χ4v) is 3.31. The SMILES string of the molecule is COc1ccc(-c2ccnc(Nc3cccc(S(C)(=O)=O)c3)c2)cc1[N+](=O)[O-]. The number of nitrogens with one attached hydrogen (secondary N) is 1. The first kappa shape index (κ1) is 19.3. The minimum absolute atomic E-state index is 0.132. The predicted molar refractivity (Wildman–Crippen MR) is 106 cm³/mol. The Kier molecular flexibility index (Phi) is 5.27. The summed E-state index contributed by atoms with van der Waals surface area (Å²) in [4.78, 5) is 15.2. The first-order valence-electron chi connectivity index (χ1n) is 8.14. The number of hydrogen-bond acceptors (Lipinski definition) is 7. The van der Waals surface area contributed by atoms with Gasteiger partial charge in [0.1, 0.15) is 5.82 Å². The molecule has 0 radical (unpaired) electrons. The summed E-state index contributed by atoms with van der Waals surface area (Å²) in [5.41, 5.74) is 1.77. The van der Waals surface area contributed by atoms with E-state index in [-0.39, 0.29) is 16.3 Å². The molecule has 0 fully saturated rings. The largest absolute Gasteiger partial charge is 0.490 e. The van der Waals surface area contributed by atoms with Crippen molar-refractivity contribution in [3.8, 4) is 16.9 Å². The van der Waals surface area contributed by atoms with Crippen molar-refractivity contribution in [1.82, 2.24) is 4.98 Å². The molecular formula is C19H17N3O5S. The molecule has 0 atom stereocenters. The van der Waals surface area contributed by atoms with Gasteiger partial charge in [-0.2, -0.15) is 0 Å². The van der Waals surface area contributed by atoms with Crippen LogP contribution < -0.4 is 10.1 Å². The Balaban J connectivity index is 1.94. The number of hydrogen-bond donors (Lipinski definition) is 1. The van der Waals surface area contributed by atoms with Gasteiger partial charge in [0.2, 0.25) is 0 Å². The van der Waals surface area contributed by atoms with Crippen LogP contribution in [-0.4, -0.2) is 31.7 Å². The molecule has 9 heteroatoms. The predicted octanol–water partition coefficient (Wildman–Crippen LogP) is 3.81. The van der Waals surface area contributed by atoms with E-state index in [9.17, 15) is 18.5 Å². The van der Waals surface area contributed by atoms with Crippen LogP contribution in [0.1, 0.15) is 0 Å². The summed E-state index contributed by atoms with van der Waals surface area (Å²) in [7, 11) is -1.95. The first-order chi connectivity index (χ1) is 13.3. The van der Waals surface area contributed by atoms with Gasteiger partial charge in [-0.15, -0.1) is 0 Å². The second-order valence-corrected chi connectivity index (χ2v) is 8.01. The molecule has 28 heavy (non-hydrogen) atoms. The van der Waals surface area contributed by atoms with Gasteiger partial charge in [0, 0.05) is 24.2 Å². The molecule has 3 rings (SSSR count). The molecule has 3 aromatic rings. The zero-order chi connectivity index (χ0) is 20.3. The van der Waals surface area contributed by atoms with E-state index in [0.717, 1.165) is 6.26 Å². The lowest BCUT2D eigenvalue weighted by molar-refractivity contribution is -0.385. The number of rotatable bonds is 6. The molecule has 0 spiro atoms. The maximum Gasteiger partial charge on any atom is 0.311 e. The Morgan fingerprint density at radius 1 is 1.07 bits per heavy atom. The normalized spacial score (nSPS) is 11.1. The standard InChI is InChI=1S/C19H17N3O5S/c1-27-18-7-6-13(10-17(18)22(23)24)14-8-9-20-19(11-14)21-15-4-3-5-16(12-15)28(2,25)26/h3-12H,1-2H3,(H,20,21). The van der Waals surface area contributed by atoms with Crippen molar-refractivity contribution >= 4 is 27.0 Å². The van der Waals surface area contributed by atoms with Gasteiger partial charge < -0.3 is 10.1 Å². The molecule has 0 aliphatic heterocycles. The number of nitro benzene ring substituents is 1. The number of benzene rings is 2. The van der Waals surface area contributed by atoms with Crippen molar-refractivity contribution < 1.29 is 18.1 Å². The van der Waals surface area contributed by atoms with E-state index in [2.05, 4.69) is 10.3 Å². The van der Waals surface area contributed by atoms with Crippen LogP contribution in [0.2, 0.25) is 0 Å². The molecule has 144 valence electrons. The molecule has 1 aromatic heterocycles. The van der Waals surface area contributed by atoms with Gasteiger partial charge in [0.05, 0.1) is 16.9 Å². The first-order valence-corrected chi connectivity index (χ1v) is 10.0. The second-order valence-electron chi connectivity index (χ2n) is 6.00. The summed E-state index contributed by atoms with van der Waals surface area (Å²) in [6.45, 7) is 0. The zero-order valence-electron chi connectivity index (χ0n) is 15.1. The highest BCUT2D eigenvalue weighted by molar-refractivity contribution is 7.90. The van der Waals surface area contributed by atoms with Crippen LogP contribution >= 0.6 is 0 Å². The number of anilines is 2. The molecule has 0 bridgehead atoms. The number of methoxy groups -OCH3 is 1. The number of pyridine rings is 1. The van der Waals surface area contributed by atoms with Crippen LogP contribution in [0.15, 0.2) is 65.7 Å². The fraction of sp³-hybridized carbons (Fsp3) is 0.105. The number of nitrogens with zero attached hydrogens (tertiary/aromatic N) is 2. The van der Waals surface area contributed by atoms with Gasteiger partial charge in [-0.1, -0.05) is 12.1 Å². The molecule has 0 saturated carbocycles. The van der Waals surface area contributed by atoms with E-state index in [1.165, 1.54) is 31.4 Å². The molecule has 1 heterocycles. The average molecular weight is 399 g/mol. The van der Waals surface area contributed by atoms with Gasteiger partial charge in [0.15, 0.2) is 15.6 Å². The van der Waals surface area contributed by atoms with Crippen LogP contribution in [0, 0.1) is 10.1 Å². The molecule has 8 nitrogen and oxygen atoms in total. The molecule has 0 unspecified atom stereocenters. The highest BCUT2D eigenvalue weighted by atomic mass is 32.2. The van der Waals surface area contributed by atoms with Gasteiger partial charge in [-0.05, 0) is 47.5 Å². The van der Waals surface area contributed by atoms with Crippen molar-refractivity contribution in [3.05, 3.63) is 70.9 Å². The Morgan fingerprint density at radius 3 is 2.50 bits per heavy atom. The third kappa shape index (κ3) is 4.26. The van der Waals surface area contributed by atoms with E-state index in [0.29, 0.717) is 22.6 Å². The Morgan fingerprint density at radius 2 is 1.82 bits per heavy atom. The lowest BCUT2D eigenvalue weighted by atomic mass is 10.1. The van der Waals surface area contributed by atoms with Crippen LogP contribution in [0.5, 0.6) is 5.75 Å². The highest BCUT2D eigenvalue weighted by Gasteiger charge is 2.16. The summed E-state index contributed by atoms with van der Waals surface area (Å²) in [6, 6.07) is 14.5. The Labute approximate surface area is 161 Å². The smallest absolute Gasteiger partial charge is 0.311 e. The van der Waals surface area contributed by atoms with Crippen molar-refractivity contribution in [2.75, 3.05) is 18.7 Å². The minimum Gasteiger partial charge on any atom is -0.490 e. The summed E-state index contributed by atoms with van der Waals surface area (Å²) >= 11 is 0. The van der Waals surface area contributed by atoms with E-state index in [1.54, 1.807) is 36.5 Å². The van der Waals surface area contributed by atoms with Crippen molar-refractivity contribution in [1.29, 1.82) is 0 Å². The maximum atomic E-state index is 11.7. The minimum atomic E-state index is -3.32. The molecule has 2 aromatic carbocycles. The zero-order valence-corrected chi connectivity index (χ0v) is 15.9. The lowest BCUT2D eigenvalue weighted by Crippen LogP contribution is -1.99. The summed E-state index contributed by atoms with van der Waals surface area (Å²) < 4.78 is 28.4. The quantitative estimate of drug-likeness (QED) is 0.495. The van der Waals surface area contributed by atoms with Gasteiger partial charge in [0.25, 0.3) is 0 Å². The summed E-state index contributed by atoms with van der Waals surface area (Å²) in [5.74, 6) is 0.653. The van der Waals surface area contributed by atoms with E-state index in [4.69, 9.17) is 4.74 Å². The van der Waals surface area contributed by atoms with Crippen molar-refractivity contribution in [2.45, 2.75) is 4.90 Å².